The Morgan fingerprint density at radius 1 is 1.48 bits per heavy atom. The fourth-order valence-corrected chi connectivity index (χ4v) is 2.69. The third-order valence-electron chi connectivity index (χ3n) is 4.31. The number of hydrogen-bond donors (Lipinski definition) is 1. The van der Waals surface area contributed by atoms with Gasteiger partial charge in [0.15, 0.2) is 0 Å². The van der Waals surface area contributed by atoms with Crippen molar-refractivity contribution in [3.63, 3.8) is 0 Å². The summed E-state index contributed by atoms with van der Waals surface area (Å²) in [4.78, 5) is 16.7. The second-order valence-corrected chi connectivity index (χ2v) is 6.18. The Labute approximate surface area is 125 Å². The number of benzene rings is 1. The summed E-state index contributed by atoms with van der Waals surface area (Å²) in [6, 6.07) is 6.41. The molecule has 3 rings (SSSR count). The van der Waals surface area contributed by atoms with Crippen LogP contribution in [0.1, 0.15) is 50.4 Å². The summed E-state index contributed by atoms with van der Waals surface area (Å²) in [5.74, 6) is 1.91. The maximum absolute atomic E-state index is 12.0. The summed E-state index contributed by atoms with van der Waals surface area (Å²) in [5, 5.41) is 3.01. The maximum Gasteiger partial charge on any atom is 0.224 e. The molecule has 1 fully saturated rings. The van der Waals surface area contributed by atoms with E-state index in [2.05, 4.69) is 36.0 Å². The van der Waals surface area contributed by atoms with E-state index >= 15 is 0 Å². The number of nitrogens with zero attached hydrogens (tertiary/aromatic N) is 2. The van der Waals surface area contributed by atoms with Gasteiger partial charge >= 0.3 is 0 Å². The zero-order valence-corrected chi connectivity index (χ0v) is 13.0. The highest BCUT2D eigenvalue weighted by atomic mass is 16.1. The van der Waals surface area contributed by atoms with Crippen LogP contribution in [0.25, 0.3) is 11.0 Å². The van der Waals surface area contributed by atoms with Gasteiger partial charge in [-0.25, -0.2) is 4.98 Å². The minimum absolute atomic E-state index is 0.0852. The van der Waals surface area contributed by atoms with E-state index in [1.54, 1.807) is 0 Å². The summed E-state index contributed by atoms with van der Waals surface area (Å²) in [6.07, 6.45) is 3.88. The first kappa shape index (κ1) is 14.1. The van der Waals surface area contributed by atoms with Gasteiger partial charge in [0.05, 0.1) is 17.5 Å². The topological polar surface area (TPSA) is 46.9 Å². The number of carbonyl (C=O) groups excluding carboxylic acids is 1. The van der Waals surface area contributed by atoms with Crippen molar-refractivity contribution in [3.05, 3.63) is 29.6 Å². The standard InChI is InChI=1S/C17H23N3O/c1-4-11(2)18-16(21)10-12-5-8-15-14(9-12)19-17(20(15)3)13-6-7-13/h5,8-9,11,13H,4,6-7,10H2,1-3H3,(H,18,21). The molecule has 21 heavy (non-hydrogen) atoms. The molecule has 1 aliphatic carbocycles. The van der Waals surface area contributed by atoms with Gasteiger partial charge in [-0.1, -0.05) is 13.0 Å². The number of rotatable bonds is 5. The monoisotopic (exact) mass is 285 g/mol. The maximum atomic E-state index is 12.0. The van der Waals surface area contributed by atoms with Gasteiger partial charge in [-0.2, -0.15) is 0 Å². The highest BCUT2D eigenvalue weighted by Gasteiger charge is 2.28. The predicted octanol–water partition coefficient (Wildman–Crippen LogP) is 2.91. The average Bonchev–Trinajstić information content (AvgIpc) is 3.24. The third kappa shape index (κ3) is 2.94. The normalized spacial score (nSPS) is 16.1. The van der Waals surface area contributed by atoms with Crippen molar-refractivity contribution in [2.75, 3.05) is 0 Å². The molecule has 0 saturated heterocycles. The minimum Gasteiger partial charge on any atom is -0.353 e. The molecule has 0 radical (unpaired) electrons. The van der Waals surface area contributed by atoms with Gasteiger partial charge in [0, 0.05) is 19.0 Å². The van der Waals surface area contributed by atoms with Crippen LogP contribution in [-0.4, -0.2) is 21.5 Å². The van der Waals surface area contributed by atoms with Crippen LogP contribution < -0.4 is 5.32 Å². The summed E-state index contributed by atoms with van der Waals surface area (Å²) in [5.41, 5.74) is 3.19. The smallest absolute Gasteiger partial charge is 0.224 e. The number of nitrogens with one attached hydrogen (secondary N) is 1. The molecule has 1 saturated carbocycles. The third-order valence-corrected chi connectivity index (χ3v) is 4.31. The summed E-state index contributed by atoms with van der Waals surface area (Å²) in [6.45, 7) is 4.10. The highest BCUT2D eigenvalue weighted by Crippen LogP contribution is 2.40. The average molecular weight is 285 g/mol. The molecule has 0 bridgehead atoms. The van der Waals surface area contributed by atoms with Crippen LogP contribution in [0.2, 0.25) is 0 Å². The molecule has 0 aliphatic heterocycles. The molecule has 2 aromatic rings. The van der Waals surface area contributed by atoms with Crippen molar-refractivity contribution in [1.29, 1.82) is 0 Å². The number of aromatic nitrogens is 2. The molecule has 1 heterocycles. The van der Waals surface area contributed by atoms with Gasteiger partial charge in [-0.15, -0.1) is 0 Å². The lowest BCUT2D eigenvalue weighted by Crippen LogP contribution is -2.33. The van der Waals surface area contributed by atoms with Gasteiger partial charge < -0.3 is 9.88 Å². The molecule has 4 nitrogen and oxygen atoms in total. The lowest BCUT2D eigenvalue weighted by molar-refractivity contribution is -0.121. The Balaban J connectivity index is 1.79. The van der Waals surface area contributed by atoms with Gasteiger partial charge in [0.2, 0.25) is 5.91 Å². The molecule has 1 amide bonds. The fourth-order valence-electron chi connectivity index (χ4n) is 2.69. The number of amides is 1. The Bertz CT molecular complexity index is 670. The SMILES string of the molecule is CCC(C)NC(=O)Cc1ccc2c(c1)nc(C1CC1)n2C. The van der Waals surface area contributed by atoms with E-state index in [1.165, 1.54) is 18.7 Å². The molecule has 1 aromatic carbocycles. The molecular formula is C17H23N3O. The number of aryl methyl sites for hydroxylation is 1. The molecular weight excluding hydrogens is 262 g/mol. The second kappa shape index (κ2) is 5.51. The Hall–Kier alpha value is -1.84. The van der Waals surface area contributed by atoms with E-state index in [0.717, 1.165) is 23.0 Å². The van der Waals surface area contributed by atoms with Gasteiger partial charge in [-0.05, 0) is 43.9 Å². The van der Waals surface area contributed by atoms with Gasteiger partial charge in [-0.3, -0.25) is 4.79 Å². The molecule has 1 aromatic heterocycles. The van der Waals surface area contributed by atoms with Crippen LogP contribution in [0.5, 0.6) is 0 Å². The second-order valence-electron chi connectivity index (χ2n) is 6.18. The number of hydrogen-bond acceptors (Lipinski definition) is 2. The van der Waals surface area contributed by atoms with E-state index in [-0.39, 0.29) is 11.9 Å². The van der Waals surface area contributed by atoms with Crippen LogP contribution in [0.15, 0.2) is 18.2 Å². The summed E-state index contributed by atoms with van der Waals surface area (Å²) < 4.78 is 2.19. The van der Waals surface area contributed by atoms with Crippen LogP contribution in [0.3, 0.4) is 0 Å². The molecule has 4 heteroatoms. The van der Waals surface area contributed by atoms with E-state index in [1.807, 2.05) is 13.0 Å². The Morgan fingerprint density at radius 3 is 2.90 bits per heavy atom. The van der Waals surface area contributed by atoms with Gasteiger partial charge in [0.25, 0.3) is 0 Å². The Morgan fingerprint density at radius 2 is 2.24 bits per heavy atom. The van der Waals surface area contributed by atoms with E-state index in [9.17, 15) is 4.79 Å². The largest absolute Gasteiger partial charge is 0.353 e. The van der Waals surface area contributed by atoms with Crippen molar-refractivity contribution >= 4 is 16.9 Å². The molecule has 1 atom stereocenters. The van der Waals surface area contributed by atoms with E-state index in [0.29, 0.717) is 12.3 Å². The minimum atomic E-state index is 0.0852. The highest BCUT2D eigenvalue weighted by molar-refractivity contribution is 5.82. The van der Waals surface area contributed by atoms with Gasteiger partial charge in [0.1, 0.15) is 5.82 Å². The van der Waals surface area contributed by atoms with Crippen molar-refractivity contribution in [3.8, 4) is 0 Å². The first-order valence-electron chi connectivity index (χ1n) is 7.83. The molecule has 1 N–H and O–H groups in total. The fraction of sp³-hybridized carbons (Fsp3) is 0.529. The first-order valence-corrected chi connectivity index (χ1v) is 7.83. The molecule has 112 valence electrons. The van der Waals surface area contributed by atoms with Crippen LogP contribution in [-0.2, 0) is 18.3 Å². The van der Waals surface area contributed by atoms with Crippen molar-refractivity contribution in [2.24, 2.45) is 7.05 Å². The lowest BCUT2D eigenvalue weighted by atomic mass is 10.1. The first-order chi connectivity index (χ1) is 10.1. The number of fused-ring (bicyclic) bond motifs is 1. The predicted molar refractivity (Wildman–Crippen MR) is 84.3 cm³/mol. The lowest BCUT2D eigenvalue weighted by Gasteiger charge is -2.11. The van der Waals surface area contributed by atoms with Crippen molar-refractivity contribution in [2.45, 2.75) is 51.5 Å². The molecule has 1 unspecified atom stereocenters. The van der Waals surface area contributed by atoms with Crippen LogP contribution in [0, 0.1) is 0 Å². The van der Waals surface area contributed by atoms with Crippen molar-refractivity contribution < 1.29 is 4.79 Å². The Kier molecular flexibility index (Phi) is 3.70. The van der Waals surface area contributed by atoms with E-state index < -0.39 is 0 Å². The molecule has 0 spiro atoms. The van der Waals surface area contributed by atoms with Crippen molar-refractivity contribution in [1.82, 2.24) is 14.9 Å². The molecule has 1 aliphatic rings. The zero-order chi connectivity index (χ0) is 15.0. The zero-order valence-electron chi connectivity index (χ0n) is 13.0. The number of carbonyl (C=O) groups is 1. The number of imidazole rings is 1. The van der Waals surface area contributed by atoms with Crippen LogP contribution >= 0.6 is 0 Å². The summed E-state index contributed by atoms with van der Waals surface area (Å²) in [7, 11) is 2.08. The van der Waals surface area contributed by atoms with Crippen LogP contribution in [0.4, 0.5) is 0 Å². The van der Waals surface area contributed by atoms with E-state index in [4.69, 9.17) is 4.98 Å². The summed E-state index contributed by atoms with van der Waals surface area (Å²) >= 11 is 0. The quantitative estimate of drug-likeness (QED) is 0.918.